The van der Waals surface area contributed by atoms with E-state index in [9.17, 15) is 9.18 Å². The van der Waals surface area contributed by atoms with Gasteiger partial charge in [-0.2, -0.15) is 0 Å². The van der Waals surface area contributed by atoms with Crippen molar-refractivity contribution in [3.63, 3.8) is 0 Å². The quantitative estimate of drug-likeness (QED) is 0.354. The zero-order chi connectivity index (χ0) is 23.7. The second-order valence-corrected chi connectivity index (χ2v) is 8.26. The molecule has 3 aromatic carbocycles. The summed E-state index contributed by atoms with van der Waals surface area (Å²) < 4.78 is 37.5. The molecule has 5 nitrogen and oxygen atoms in total. The lowest BCUT2D eigenvalue weighted by Crippen LogP contribution is -2.09. The molecular weight excluding hydrogens is 435 g/mol. The van der Waals surface area contributed by atoms with Crippen molar-refractivity contribution in [2.45, 2.75) is 33.3 Å². The van der Waals surface area contributed by atoms with Crippen molar-refractivity contribution in [1.82, 2.24) is 0 Å². The van der Waals surface area contributed by atoms with Crippen LogP contribution in [0.3, 0.4) is 0 Å². The van der Waals surface area contributed by atoms with Gasteiger partial charge in [-0.1, -0.05) is 31.2 Å². The molecule has 0 atom stereocenters. The lowest BCUT2D eigenvalue weighted by atomic mass is 10.0. The molecule has 0 amide bonds. The van der Waals surface area contributed by atoms with Gasteiger partial charge in [0.05, 0.1) is 24.2 Å². The predicted molar refractivity (Wildman–Crippen MR) is 128 cm³/mol. The van der Waals surface area contributed by atoms with Crippen molar-refractivity contribution >= 4 is 11.0 Å². The topological polar surface area (TPSA) is 57.9 Å². The molecular formula is C28H25FO5. The molecule has 0 saturated heterocycles. The Hall–Kier alpha value is -3.80. The molecule has 0 spiro atoms. The smallest absolute Gasteiger partial charge is 0.200 e. The second-order valence-electron chi connectivity index (χ2n) is 8.26. The third kappa shape index (κ3) is 4.12. The molecule has 0 fully saturated rings. The minimum atomic E-state index is -0.316. The van der Waals surface area contributed by atoms with E-state index in [1.54, 1.807) is 31.2 Å². The third-order valence-electron chi connectivity index (χ3n) is 6.01. The Labute approximate surface area is 196 Å². The number of benzene rings is 3. The molecule has 0 N–H and O–H groups in total. The summed E-state index contributed by atoms with van der Waals surface area (Å²) in [5, 5.41) is 0.475. The maximum Gasteiger partial charge on any atom is 0.200 e. The number of hydrogen-bond acceptors (Lipinski definition) is 5. The number of aryl methyl sites for hydroxylation is 2. The van der Waals surface area contributed by atoms with Crippen LogP contribution < -0.4 is 19.6 Å². The summed E-state index contributed by atoms with van der Waals surface area (Å²) in [6.45, 7) is 5.01. The van der Waals surface area contributed by atoms with Crippen LogP contribution in [0.25, 0.3) is 22.1 Å². The van der Waals surface area contributed by atoms with E-state index in [1.807, 2.05) is 31.2 Å². The van der Waals surface area contributed by atoms with Gasteiger partial charge in [-0.05, 0) is 48.7 Å². The minimum absolute atomic E-state index is 0.0870. The lowest BCUT2D eigenvalue weighted by Gasteiger charge is -2.14. The highest BCUT2D eigenvalue weighted by Gasteiger charge is 2.19. The fraction of sp³-hybridized carbons (Fsp3) is 0.250. The summed E-state index contributed by atoms with van der Waals surface area (Å²) >= 11 is 0. The molecule has 0 unspecified atom stereocenters. The number of ether oxygens (including phenoxy) is 3. The van der Waals surface area contributed by atoms with Gasteiger partial charge >= 0.3 is 0 Å². The van der Waals surface area contributed by atoms with E-state index in [0.29, 0.717) is 64.7 Å². The molecule has 0 aliphatic carbocycles. The molecule has 5 rings (SSSR count). The first kappa shape index (κ1) is 22.0. The van der Waals surface area contributed by atoms with Gasteiger partial charge in [0.1, 0.15) is 29.5 Å². The first-order valence-electron chi connectivity index (χ1n) is 11.4. The van der Waals surface area contributed by atoms with Crippen LogP contribution >= 0.6 is 0 Å². The second kappa shape index (κ2) is 9.21. The van der Waals surface area contributed by atoms with E-state index in [-0.39, 0.29) is 17.9 Å². The van der Waals surface area contributed by atoms with Crippen LogP contribution in [0.4, 0.5) is 4.39 Å². The molecule has 0 bridgehead atoms. The predicted octanol–water partition coefficient (Wildman–Crippen LogP) is 6.21. The minimum Gasteiger partial charge on any atom is -0.490 e. The largest absolute Gasteiger partial charge is 0.490 e. The molecule has 1 aliphatic heterocycles. The van der Waals surface area contributed by atoms with Crippen molar-refractivity contribution < 1.29 is 23.0 Å². The van der Waals surface area contributed by atoms with Crippen molar-refractivity contribution in [2.24, 2.45) is 0 Å². The van der Waals surface area contributed by atoms with E-state index in [4.69, 9.17) is 18.6 Å². The third-order valence-corrected chi connectivity index (χ3v) is 6.01. The Bertz CT molecular complexity index is 1420. The van der Waals surface area contributed by atoms with E-state index < -0.39 is 0 Å². The standard InChI is InChI=1S/C28H25FO5/c1-3-18-13-21-25(15-24(18)33-16-20-7-4-5-8-22(20)29)34-17(2)27(28(21)30)19-9-10-23-26(14-19)32-12-6-11-31-23/h4-5,7-10,13-15H,3,6,11-12,16H2,1-2H3. The average molecular weight is 461 g/mol. The van der Waals surface area contributed by atoms with Crippen molar-refractivity contribution in [1.29, 1.82) is 0 Å². The zero-order valence-electron chi connectivity index (χ0n) is 19.2. The summed E-state index contributed by atoms with van der Waals surface area (Å²) in [5.74, 6) is 2.05. The van der Waals surface area contributed by atoms with Gasteiger partial charge in [0.15, 0.2) is 11.5 Å². The van der Waals surface area contributed by atoms with E-state index in [0.717, 1.165) is 17.5 Å². The molecule has 1 aliphatic rings. The Kier molecular flexibility index (Phi) is 5.97. The van der Waals surface area contributed by atoms with Gasteiger partial charge in [0.2, 0.25) is 5.43 Å². The summed E-state index contributed by atoms with van der Waals surface area (Å²) in [7, 11) is 0. The van der Waals surface area contributed by atoms with Gasteiger partial charge in [-0.15, -0.1) is 0 Å². The molecule has 0 saturated carbocycles. The SMILES string of the molecule is CCc1cc2c(=O)c(-c3ccc4c(c3)OCCCO4)c(C)oc2cc1OCc1ccccc1F. The van der Waals surface area contributed by atoms with Crippen LogP contribution in [0.2, 0.25) is 0 Å². The average Bonchev–Trinajstić information content (AvgIpc) is 3.08. The molecule has 0 radical (unpaired) electrons. The Morgan fingerprint density at radius 1 is 0.971 bits per heavy atom. The van der Waals surface area contributed by atoms with Crippen LogP contribution in [-0.4, -0.2) is 13.2 Å². The number of hydrogen-bond donors (Lipinski definition) is 0. The molecule has 4 aromatic rings. The Balaban J connectivity index is 1.55. The zero-order valence-corrected chi connectivity index (χ0v) is 19.2. The van der Waals surface area contributed by atoms with E-state index in [2.05, 4.69) is 0 Å². The van der Waals surface area contributed by atoms with E-state index in [1.165, 1.54) is 6.07 Å². The summed E-state index contributed by atoms with van der Waals surface area (Å²) in [4.78, 5) is 13.6. The van der Waals surface area contributed by atoms with Gasteiger partial charge in [-0.3, -0.25) is 4.79 Å². The summed E-state index contributed by atoms with van der Waals surface area (Å²) in [5.41, 5.74) is 2.84. The molecule has 174 valence electrons. The normalized spacial score (nSPS) is 13.0. The number of fused-ring (bicyclic) bond motifs is 2. The van der Waals surface area contributed by atoms with Crippen LogP contribution in [0.5, 0.6) is 17.2 Å². The van der Waals surface area contributed by atoms with Crippen LogP contribution in [0.15, 0.2) is 63.8 Å². The fourth-order valence-electron chi connectivity index (χ4n) is 4.21. The summed E-state index contributed by atoms with van der Waals surface area (Å²) in [6.07, 6.45) is 1.46. The Morgan fingerprint density at radius 2 is 1.76 bits per heavy atom. The van der Waals surface area contributed by atoms with E-state index >= 15 is 0 Å². The lowest BCUT2D eigenvalue weighted by molar-refractivity contribution is 0.296. The molecule has 6 heteroatoms. The van der Waals surface area contributed by atoms with Gasteiger partial charge < -0.3 is 18.6 Å². The first-order valence-corrected chi connectivity index (χ1v) is 11.4. The van der Waals surface area contributed by atoms with Crippen LogP contribution in [0, 0.1) is 12.7 Å². The van der Waals surface area contributed by atoms with Gasteiger partial charge in [-0.25, -0.2) is 4.39 Å². The highest BCUT2D eigenvalue weighted by atomic mass is 19.1. The van der Waals surface area contributed by atoms with Crippen molar-refractivity contribution in [3.05, 3.63) is 87.5 Å². The fourth-order valence-corrected chi connectivity index (χ4v) is 4.21. The maximum atomic E-state index is 14.0. The Morgan fingerprint density at radius 3 is 2.56 bits per heavy atom. The van der Waals surface area contributed by atoms with Gasteiger partial charge in [0, 0.05) is 18.1 Å². The number of rotatable bonds is 5. The monoisotopic (exact) mass is 460 g/mol. The van der Waals surface area contributed by atoms with Crippen LogP contribution in [0.1, 0.15) is 30.2 Å². The molecule has 2 heterocycles. The molecule has 34 heavy (non-hydrogen) atoms. The highest BCUT2D eigenvalue weighted by molar-refractivity contribution is 5.85. The maximum absolute atomic E-state index is 14.0. The summed E-state index contributed by atoms with van der Waals surface area (Å²) in [6, 6.07) is 15.6. The highest BCUT2D eigenvalue weighted by Crippen LogP contribution is 2.36. The van der Waals surface area contributed by atoms with Crippen LogP contribution in [-0.2, 0) is 13.0 Å². The first-order chi connectivity index (χ1) is 16.5. The van der Waals surface area contributed by atoms with Crippen molar-refractivity contribution in [3.8, 4) is 28.4 Å². The molecule has 1 aromatic heterocycles. The van der Waals surface area contributed by atoms with Crippen molar-refractivity contribution in [2.75, 3.05) is 13.2 Å². The van der Waals surface area contributed by atoms with Gasteiger partial charge in [0.25, 0.3) is 0 Å². The number of halogens is 1.